The number of rotatable bonds is 5. The summed E-state index contributed by atoms with van der Waals surface area (Å²) in [6.45, 7) is 11.5. The molecule has 3 aromatic rings. The highest BCUT2D eigenvalue weighted by Crippen LogP contribution is 2.30. The number of hydrogen-bond acceptors (Lipinski definition) is 1. The lowest BCUT2D eigenvalue weighted by atomic mass is 9.81. The van der Waals surface area contributed by atoms with Crippen molar-refractivity contribution in [1.29, 1.82) is 0 Å². The van der Waals surface area contributed by atoms with Gasteiger partial charge in [-0.3, -0.25) is 4.98 Å². The number of nitrogens with one attached hydrogen (secondary N) is 1. The van der Waals surface area contributed by atoms with Crippen LogP contribution in [0.25, 0.3) is 10.9 Å². The Morgan fingerprint density at radius 2 is 1.48 bits per heavy atom. The van der Waals surface area contributed by atoms with Crippen molar-refractivity contribution in [1.82, 2.24) is 9.97 Å². The van der Waals surface area contributed by atoms with Gasteiger partial charge in [-0.05, 0) is 53.9 Å². The summed E-state index contributed by atoms with van der Waals surface area (Å²) < 4.78 is 0. The average molecular weight is 335 g/mol. The summed E-state index contributed by atoms with van der Waals surface area (Å²) in [6.07, 6.45) is 5.21. The van der Waals surface area contributed by atoms with E-state index in [0.29, 0.717) is 0 Å². The molecule has 0 amide bonds. The third-order valence-corrected chi connectivity index (χ3v) is 4.58. The minimum Gasteiger partial charge on any atom is -0.361 e. The molecular weight excluding hydrogens is 304 g/mol. The van der Waals surface area contributed by atoms with E-state index < -0.39 is 0 Å². The topological polar surface area (TPSA) is 28.7 Å². The minimum atomic E-state index is 0.165. The number of H-pyrrole nitrogens is 1. The maximum atomic E-state index is 4.93. The Morgan fingerprint density at radius 3 is 2.20 bits per heavy atom. The maximum Gasteiger partial charge on any atom is 0.0456 e. The van der Waals surface area contributed by atoms with Crippen LogP contribution in [0.3, 0.4) is 0 Å². The van der Waals surface area contributed by atoms with E-state index in [-0.39, 0.29) is 10.8 Å². The number of fused-ring (bicyclic) bond motifs is 1. The van der Waals surface area contributed by atoms with E-state index in [4.69, 9.17) is 4.98 Å². The molecule has 0 atom stereocenters. The number of hydrogen-bond donors (Lipinski definition) is 1. The average Bonchev–Trinajstić information content (AvgIpc) is 2.88. The molecule has 2 nitrogen and oxygen atoms in total. The number of nitrogens with zero attached hydrogens (tertiary/aromatic N) is 1. The fourth-order valence-corrected chi connectivity index (χ4v) is 3.62. The smallest absolute Gasteiger partial charge is 0.0456 e. The summed E-state index contributed by atoms with van der Waals surface area (Å²) in [5.74, 6) is 0. The first-order valence-electron chi connectivity index (χ1n) is 9.22. The van der Waals surface area contributed by atoms with Crippen LogP contribution in [-0.4, -0.2) is 9.97 Å². The van der Waals surface area contributed by atoms with Crippen molar-refractivity contribution in [2.24, 2.45) is 10.8 Å². The van der Waals surface area contributed by atoms with Crippen molar-refractivity contribution in [2.75, 3.05) is 0 Å². The van der Waals surface area contributed by atoms with Crippen molar-refractivity contribution < 1.29 is 0 Å². The van der Waals surface area contributed by atoms with E-state index in [2.05, 4.69) is 88.3 Å². The Bertz CT molecular complexity index is 850. The van der Waals surface area contributed by atoms with E-state index in [1.54, 1.807) is 0 Å². The van der Waals surface area contributed by atoms with Crippen molar-refractivity contribution in [3.8, 4) is 0 Å². The van der Waals surface area contributed by atoms with E-state index in [0.717, 1.165) is 19.3 Å². The van der Waals surface area contributed by atoms with Crippen LogP contribution >= 0.6 is 0 Å². The second-order valence-electron chi connectivity index (χ2n) is 9.23. The summed E-state index contributed by atoms with van der Waals surface area (Å²) in [6, 6.07) is 15.0. The Balaban J connectivity index is 1.76. The van der Waals surface area contributed by atoms with Gasteiger partial charge in [-0.15, -0.1) is 0 Å². The van der Waals surface area contributed by atoms with Gasteiger partial charge in [0.05, 0.1) is 0 Å². The van der Waals surface area contributed by atoms with Gasteiger partial charge >= 0.3 is 0 Å². The van der Waals surface area contributed by atoms with Crippen molar-refractivity contribution in [3.05, 3.63) is 65.6 Å². The van der Waals surface area contributed by atoms with Gasteiger partial charge in [-0.25, -0.2) is 0 Å². The van der Waals surface area contributed by atoms with Crippen LogP contribution in [0.4, 0.5) is 0 Å². The van der Waals surface area contributed by atoms with E-state index >= 15 is 0 Å². The summed E-state index contributed by atoms with van der Waals surface area (Å²) in [5, 5.41) is 1.34. The Morgan fingerprint density at radius 1 is 0.800 bits per heavy atom. The summed E-state index contributed by atoms with van der Waals surface area (Å²) >= 11 is 0. The fourth-order valence-electron chi connectivity index (χ4n) is 3.62. The van der Waals surface area contributed by atoms with Gasteiger partial charge in [0.1, 0.15) is 0 Å². The molecule has 0 aliphatic heterocycles. The van der Waals surface area contributed by atoms with Gasteiger partial charge in [0.15, 0.2) is 0 Å². The van der Waals surface area contributed by atoms with Crippen LogP contribution in [0.2, 0.25) is 0 Å². The number of benzene rings is 1. The first-order chi connectivity index (χ1) is 11.7. The first-order valence-corrected chi connectivity index (χ1v) is 9.22. The third kappa shape index (κ3) is 4.72. The number of para-hydroxylation sites is 1. The zero-order chi connectivity index (χ0) is 18.1. The summed E-state index contributed by atoms with van der Waals surface area (Å²) in [5.41, 5.74) is 5.45. The van der Waals surface area contributed by atoms with Gasteiger partial charge in [-0.1, -0.05) is 58.9 Å². The minimum absolute atomic E-state index is 0.165. The molecule has 2 aromatic heterocycles. The van der Waals surface area contributed by atoms with Crippen LogP contribution in [0.1, 0.15) is 51.6 Å². The molecule has 2 heteroatoms. The molecule has 0 saturated heterocycles. The molecule has 0 aliphatic carbocycles. The molecule has 3 rings (SSSR count). The normalized spacial score (nSPS) is 12.7. The number of aromatic nitrogens is 2. The molecule has 1 N–H and O–H groups in total. The molecule has 0 spiro atoms. The lowest BCUT2D eigenvalue weighted by molar-refractivity contribution is 0.356. The standard InChI is InChI=1S/C23H30N2/c1-22(2,3)14-18-9-8-10-19(25-18)15-23(4,5)13-17-16-24-21-12-7-6-11-20(17)21/h6-12,16,24H,13-15H2,1-5H3. The third-order valence-electron chi connectivity index (χ3n) is 4.58. The van der Waals surface area contributed by atoms with E-state index in [1.807, 2.05) is 0 Å². The molecule has 0 saturated carbocycles. The highest BCUT2D eigenvalue weighted by Gasteiger charge is 2.22. The summed E-state index contributed by atoms with van der Waals surface area (Å²) in [7, 11) is 0. The molecule has 0 bridgehead atoms. The van der Waals surface area contributed by atoms with Gasteiger partial charge in [0.25, 0.3) is 0 Å². The highest BCUT2D eigenvalue weighted by molar-refractivity contribution is 5.83. The van der Waals surface area contributed by atoms with Crippen molar-refractivity contribution in [3.63, 3.8) is 0 Å². The van der Waals surface area contributed by atoms with Gasteiger partial charge in [-0.2, -0.15) is 0 Å². The van der Waals surface area contributed by atoms with Crippen LogP contribution in [-0.2, 0) is 19.3 Å². The van der Waals surface area contributed by atoms with Gasteiger partial charge < -0.3 is 4.98 Å². The van der Waals surface area contributed by atoms with E-state index in [9.17, 15) is 0 Å². The number of aromatic amines is 1. The molecule has 0 aliphatic rings. The Hall–Kier alpha value is -2.09. The van der Waals surface area contributed by atoms with Crippen molar-refractivity contribution >= 4 is 10.9 Å². The van der Waals surface area contributed by atoms with Gasteiger partial charge in [0.2, 0.25) is 0 Å². The largest absolute Gasteiger partial charge is 0.361 e. The summed E-state index contributed by atoms with van der Waals surface area (Å²) in [4.78, 5) is 8.32. The first kappa shape index (κ1) is 17.7. The molecule has 2 heterocycles. The SMILES string of the molecule is CC(C)(C)Cc1cccc(CC(C)(C)Cc2c[nH]c3ccccc23)n1. The predicted octanol–water partition coefficient (Wildman–Crippen LogP) is 5.96. The lowest BCUT2D eigenvalue weighted by Crippen LogP contribution is -2.19. The van der Waals surface area contributed by atoms with Gasteiger partial charge in [0, 0.05) is 28.5 Å². The lowest BCUT2D eigenvalue weighted by Gasteiger charge is -2.25. The van der Waals surface area contributed by atoms with Crippen LogP contribution in [0.5, 0.6) is 0 Å². The van der Waals surface area contributed by atoms with Crippen LogP contribution in [0.15, 0.2) is 48.7 Å². The zero-order valence-corrected chi connectivity index (χ0v) is 16.2. The zero-order valence-electron chi connectivity index (χ0n) is 16.2. The highest BCUT2D eigenvalue weighted by atomic mass is 14.7. The quantitative estimate of drug-likeness (QED) is 0.612. The molecular formula is C23H30N2. The molecule has 132 valence electrons. The molecule has 25 heavy (non-hydrogen) atoms. The molecule has 0 unspecified atom stereocenters. The van der Waals surface area contributed by atoms with E-state index in [1.165, 1.54) is 27.9 Å². The van der Waals surface area contributed by atoms with Crippen molar-refractivity contribution in [2.45, 2.75) is 53.9 Å². The monoisotopic (exact) mass is 334 g/mol. The predicted molar refractivity (Wildman–Crippen MR) is 107 cm³/mol. The number of pyridine rings is 1. The Kier molecular flexibility index (Phi) is 4.73. The second-order valence-corrected chi connectivity index (χ2v) is 9.23. The molecule has 0 radical (unpaired) electrons. The maximum absolute atomic E-state index is 4.93. The van der Waals surface area contributed by atoms with Crippen LogP contribution < -0.4 is 0 Å². The fraction of sp³-hybridized carbons (Fsp3) is 0.435. The second kappa shape index (κ2) is 6.67. The molecule has 0 fully saturated rings. The van der Waals surface area contributed by atoms with Crippen LogP contribution in [0, 0.1) is 10.8 Å². The molecule has 1 aromatic carbocycles. The Labute approximate surface area is 151 Å².